The van der Waals surface area contributed by atoms with Gasteiger partial charge < -0.3 is 15.0 Å². The Kier molecular flexibility index (Phi) is 6.09. The van der Waals surface area contributed by atoms with Crippen LogP contribution < -0.4 is 10.5 Å². The molecule has 5 aromatic rings. The van der Waals surface area contributed by atoms with Gasteiger partial charge in [-0.15, -0.1) is 0 Å². The fraction of sp³-hybridized carbons (Fsp3) is 0.0741. The molecule has 0 saturated carbocycles. The van der Waals surface area contributed by atoms with Crippen LogP contribution in [0, 0.1) is 0 Å². The van der Waals surface area contributed by atoms with Crippen LogP contribution in [0.15, 0.2) is 78.9 Å². The van der Waals surface area contributed by atoms with Crippen molar-refractivity contribution in [2.45, 2.75) is 13.2 Å². The Labute approximate surface area is 209 Å². The van der Waals surface area contributed by atoms with Gasteiger partial charge in [-0.2, -0.15) is 8.78 Å². The van der Waals surface area contributed by atoms with Gasteiger partial charge in [0.2, 0.25) is 5.91 Å². The molecule has 0 bridgehead atoms. The maximum atomic E-state index is 12.7. The molecule has 5 rings (SSSR count). The summed E-state index contributed by atoms with van der Waals surface area (Å²) < 4.78 is 32.1. The van der Waals surface area contributed by atoms with E-state index in [2.05, 4.69) is 4.74 Å². The van der Waals surface area contributed by atoms with Crippen LogP contribution in [0.2, 0.25) is 10.0 Å². The monoisotopic (exact) mass is 510 g/mol. The van der Waals surface area contributed by atoms with Crippen molar-refractivity contribution >= 4 is 50.9 Å². The molecule has 0 saturated heterocycles. The van der Waals surface area contributed by atoms with Crippen molar-refractivity contribution in [2.24, 2.45) is 5.73 Å². The lowest BCUT2D eigenvalue weighted by molar-refractivity contribution is -0.0498. The zero-order chi connectivity index (χ0) is 24.7. The number of benzene rings is 4. The Morgan fingerprint density at radius 2 is 1.74 bits per heavy atom. The van der Waals surface area contributed by atoms with Gasteiger partial charge in [0.1, 0.15) is 5.75 Å². The molecule has 0 spiro atoms. The number of ether oxygens (including phenoxy) is 1. The first-order valence-electron chi connectivity index (χ1n) is 10.7. The number of hydrogen-bond donors (Lipinski definition) is 1. The fourth-order valence-corrected chi connectivity index (χ4v) is 4.93. The molecule has 0 aliphatic rings. The number of carbonyl (C=O) groups excluding carboxylic acids is 1. The van der Waals surface area contributed by atoms with Crippen LogP contribution in [0.25, 0.3) is 32.9 Å². The summed E-state index contributed by atoms with van der Waals surface area (Å²) in [5.41, 5.74) is 10.1. The maximum absolute atomic E-state index is 12.7. The number of amides is 1. The van der Waals surface area contributed by atoms with E-state index < -0.39 is 12.5 Å². The molecule has 4 nitrogen and oxygen atoms in total. The Hall–Kier alpha value is -3.61. The van der Waals surface area contributed by atoms with E-state index in [0.717, 1.165) is 38.5 Å². The Bertz CT molecular complexity index is 1600. The number of nitrogens with zero attached hydrogens (tertiary/aromatic N) is 1. The quantitative estimate of drug-likeness (QED) is 0.256. The van der Waals surface area contributed by atoms with E-state index in [9.17, 15) is 13.6 Å². The van der Waals surface area contributed by atoms with E-state index in [0.29, 0.717) is 22.2 Å². The molecule has 0 unspecified atom stereocenters. The number of alkyl halides is 2. The maximum Gasteiger partial charge on any atom is 0.387 e. The zero-order valence-corrected chi connectivity index (χ0v) is 19.7. The van der Waals surface area contributed by atoms with Crippen LogP contribution in [0.3, 0.4) is 0 Å². The number of primary amides is 1. The average Bonchev–Trinajstić information content (AvgIpc) is 3.12. The Balaban J connectivity index is 1.74. The van der Waals surface area contributed by atoms with Crippen LogP contribution in [-0.4, -0.2) is 17.1 Å². The van der Waals surface area contributed by atoms with Crippen LogP contribution in [0.5, 0.6) is 5.75 Å². The molecule has 35 heavy (non-hydrogen) atoms. The number of rotatable bonds is 6. The molecule has 1 amide bonds. The second-order valence-electron chi connectivity index (χ2n) is 8.03. The number of nitrogens with two attached hydrogens (primary N) is 1. The number of fused-ring (bicyclic) bond motifs is 3. The van der Waals surface area contributed by atoms with Crippen LogP contribution in [0.1, 0.15) is 15.9 Å². The van der Waals surface area contributed by atoms with E-state index >= 15 is 0 Å². The average molecular weight is 511 g/mol. The highest BCUT2D eigenvalue weighted by Crippen LogP contribution is 2.37. The van der Waals surface area contributed by atoms with E-state index in [-0.39, 0.29) is 5.75 Å². The van der Waals surface area contributed by atoms with Crippen LogP contribution >= 0.6 is 23.2 Å². The molecule has 0 aliphatic heterocycles. The number of aromatic nitrogens is 1. The van der Waals surface area contributed by atoms with Gasteiger partial charge in [-0.05, 0) is 53.6 Å². The van der Waals surface area contributed by atoms with Gasteiger partial charge in [-0.1, -0.05) is 59.6 Å². The Morgan fingerprint density at radius 3 is 2.49 bits per heavy atom. The smallest absolute Gasteiger partial charge is 0.387 e. The molecule has 2 N–H and O–H groups in total. The van der Waals surface area contributed by atoms with Crippen molar-refractivity contribution in [1.29, 1.82) is 0 Å². The van der Waals surface area contributed by atoms with Crippen molar-refractivity contribution < 1.29 is 18.3 Å². The molecular formula is C27H18Cl2F2N2O2. The number of halogens is 4. The normalized spacial score (nSPS) is 11.5. The molecule has 0 aliphatic carbocycles. The van der Waals surface area contributed by atoms with Crippen LogP contribution in [-0.2, 0) is 6.54 Å². The molecular weight excluding hydrogens is 493 g/mol. The van der Waals surface area contributed by atoms with E-state index in [1.165, 1.54) is 6.07 Å². The van der Waals surface area contributed by atoms with Crippen molar-refractivity contribution in [3.8, 4) is 16.9 Å². The third-order valence-corrected chi connectivity index (χ3v) is 6.41. The molecule has 0 radical (unpaired) electrons. The summed E-state index contributed by atoms with van der Waals surface area (Å²) >= 11 is 12.5. The van der Waals surface area contributed by atoms with Crippen molar-refractivity contribution in [2.75, 3.05) is 0 Å². The van der Waals surface area contributed by atoms with Crippen LogP contribution in [0.4, 0.5) is 8.78 Å². The first-order chi connectivity index (χ1) is 16.8. The summed E-state index contributed by atoms with van der Waals surface area (Å²) in [6, 6.07) is 23.0. The molecule has 176 valence electrons. The lowest BCUT2D eigenvalue weighted by atomic mass is 10.0. The molecule has 4 aromatic carbocycles. The molecule has 0 fully saturated rings. The van der Waals surface area contributed by atoms with E-state index in [1.54, 1.807) is 36.4 Å². The number of carbonyl (C=O) groups is 1. The van der Waals surface area contributed by atoms with Gasteiger partial charge in [0.05, 0.1) is 11.0 Å². The van der Waals surface area contributed by atoms with E-state index in [1.807, 2.05) is 41.0 Å². The van der Waals surface area contributed by atoms with Gasteiger partial charge in [-0.3, -0.25) is 4.79 Å². The molecule has 1 heterocycles. The minimum absolute atomic E-state index is 0.0738. The van der Waals surface area contributed by atoms with Gasteiger partial charge in [0.15, 0.2) is 0 Å². The second kappa shape index (κ2) is 9.21. The lowest BCUT2D eigenvalue weighted by Crippen LogP contribution is -2.11. The fourth-order valence-electron chi connectivity index (χ4n) is 4.41. The highest BCUT2D eigenvalue weighted by molar-refractivity contribution is 6.36. The van der Waals surface area contributed by atoms with Gasteiger partial charge in [-0.25, -0.2) is 0 Å². The predicted molar refractivity (Wildman–Crippen MR) is 136 cm³/mol. The lowest BCUT2D eigenvalue weighted by Gasteiger charge is -2.11. The minimum Gasteiger partial charge on any atom is -0.435 e. The second-order valence-corrected chi connectivity index (χ2v) is 8.88. The van der Waals surface area contributed by atoms with Gasteiger partial charge in [0, 0.05) is 38.5 Å². The first kappa shape index (κ1) is 23.1. The summed E-state index contributed by atoms with van der Waals surface area (Å²) in [6.45, 7) is -2.57. The summed E-state index contributed by atoms with van der Waals surface area (Å²) in [7, 11) is 0. The van der Waals surface area contributed by atoms with E-state index in [4.69, 9.17) is 28.9 Å². The van der Waals surface area contributed by atoms with Crippen molar-refractivity contribution in [1.82, 2.24) is 4.57 Å². The SMILES string of the molecule is NC(=O)c1cccc2c1c1ccc(-c3ccc(Cl)cc3Cl)cc1n2Cc1cccc(OC(F)F)c1. The minimum atomic E-state index is -2.91. The summed E-state index contributed by atoms with van der Waals surface area (Å²) in [6.07, 6.45) is 0. The standard InChI is InChI=1S/C27H18Cl2F2N2O2/c28-17-8-10-19(22(29)13-17)16-7-9-20-24(12-16)33(23-6-2-5-21(25(20)23)26(32)34)14-15-3-1-4-18(11-15)35-27(30)31/h1-13,27H,14H2,(H2,32,34). The summed E-state index contributed by atoms with van der Waals surface area (Å²) in [4.78, 5) is 12.2. The predicted octanol–water partition coefficient (Wildman–Crippen LogP) is 7.52. The highest BCUT2D eigenvalue weighted by atomic mass is 35.5. The molecule has 8 heteroatoms. The molecule has 0 atom stereocenters. The highest BCUT2D eigenvalue weighted by Gasteiger charge is 2.18. The van der Waals surface area contributed by atoms with Crippen molar-refractivity contribution in [3.63, 3.8) is 0 Å². The zero-order valence-electron chi connectivity index (χ0n) is 18.1. The summed E-state index contributed by atoms with van der Waals surface area (Å²) in [5.74, 6) is -0.462. The first-order valence-corrected chi connectivity index (χ1v) is 11.4. The molecule has 1 aromatic heterocycles. The summed E-state index contributed by atoms with van der Waals surface area (Å²) in [5, 5.41) is 2.60. The number of hydrogen-bond acceptors (Lipinski definition) is 2. The largest absolute Gasteiger partial charge is 0.435 e. The Morgan fingerprint density at radius 1 is 0.943 bits per heavy atom. The topological polar surface area (TPSA) is 57.2 Å². The van der Waals surface area contributed by atoms with Gasteiger partial charge in [0.25, 0.3) is 0 Å². The third kappa shape index (κ3) is 4.43. The van der Waals surface area contributed by atoms with Crippen molar-refractivity contribution in [3.05, 3.63) is 100 Å². The van der Waals surface area contributed by atoms with Gasteiger partial charge >= 0.3 is 6.61 Å². The third-order valence-electron chi connectivity index (χ3n) is 5.86.